The van der Waals surface area contributed by atoms with Gasteiger partial charge in [0.1, 0.15) is 42.7 Å². The number of carbonyl (C=O) groups excluding carboxylic acids is 1. The van der Waals surface area contributed by atoms with E-state index in [2.05, 4.69) is 26.8 Å². The van der Waals surface area contributed by atoms with Gasteiger partial charge in [-0.3, -0.25) is 9.59 Å². The second-order valence-electron chi connectivity index (χ2n) is 19.9. The minimum atomic E-state index is -1.75. The molecular formula is C42H66O15. The molecule has 2 heterocycles. The molecule has 57 heavy (non-hydrogen) atoms. The van der Waals surface area contributed by atoms with Crippen molar-refractivity contribution >= 4 is 11.9 Å². The van der Waals surface area contributed by atoms with Crippen molar-refractivity contribution in [1.82, 2.24) is 0 Å². The van der Waals surface area contributed by atoms with Gasteiger partial charge >= 0.3 is 11.9 Å². The molecule has 0 aromatic heterocycles. The Morgan fingerprint density at radius 2 is 1.53 bits per heavy atom. The van der Waals surface area contributed by atoms with Gasteiger partial charge in [0.25, 0.3) is 0 Å². The Hall–Kier alpha value is -1.76. The maximum absolute atomic E-state index is 13.2. The van der Waals surface area contributed by atoms with Crippen LogP contribution in [0, 0.1) is 50.2 Å². The summed E-state index contributed by atoms with van der Waals surface area (Å²) in [7, 11) is 1.40. The van der Waals surface area contributed by atoms with Crippen LogP contribution in [0.15, 0.2) is 11.6 Å². The SMILES string of the molecule is COC(=O)[C@@]1(C)CC[C@]2(C(=O)O)CC[C@]3(C)C(=CC[C@@H]4[C@@]5(C)CC[C@H](O[C@@H]6OC[C@@H](O)[C@H](O)[C@H]6O[C@@H]6O[C@H](CO)[C@@H](O)[C@H](O)[C@H]6O)[C@@](C)(CO)[C@H]5CC[C@]43C)[C@@H]2C1. The molecule has 4 saturated carbocycles. The van der Waals surface area contributed by atoms with Crippen molar-refractivity contribution in [2.75, 3.05) is 26.9 Å². The van der Waals surface area contributed by atoms with Crippen LogP contribution in [-0.4, -0.2) is 141 Å². The zero-order valence-corrected chi connectivity index (χ0v) is 34.2. The Morgan fingerprint density at radius 1 is 0.825 bits per heavy atom. The van der Waals surface area contributed by atoms with E-state index in [1.165, 1.54) is 12.7 Å². The molecule has 15 heteroatoms. The van der Waals surface area contributed by atoms with Gasteiger partial charge in [-0.2, -0.15) is 0 Å². The van der Waals surface area contributed by atoms with Gasteiger partial charge in [-0.15, -0.1) is 0 Å². The first kappa shape index (κ1) is 43.3. The van der Waals surface area contributed by atoms with E-state index < -0.39 is 90.2 Å². The summed E-state index contributed by atoms with van der Waals surface area (Å²) in [5, 5.41) is 84.8. The van der Waals surface area contributed by atoms with Crippen LogP contribution >= 0.6 is 0 Å². The number of aliphatic carboxylic acids is 1. The third-order valence-electron chi connectivity index (χ3n) is 17.5. The molecule has 0 unspecified atom stereocenters. The molecule has 0 amide bonds. The van der Waals surface area contributed by atoms with Gasteiger partial charge in [-0.1, -0.05) is 39.3 Å². The van der Waals surface area contributed by atoms with Crippen LogP contribution in [0.3, 0.4) is 0 Å². The van der Waals surface area contributed by atoms with E-state index in [4.69, 9.17) is 23.7 Å². The van der Waals surface area contributed by atoms with Crippen LogP contribution in [0.25, 0.3) is 0 Å². The van der Waals surface area contributed by atoms with E-state index in [-0.39, 0.29) is 53.2 Å². The van der Waals surface area contributed by atoms with Gasteiger partial charge in [0.15, 0.2) is 12.6 Å². The molecule has 0 bridgehead atoms. The third-order valence-corrected chi connectivity index (χ3v) is 17.5. The molecule has 2 aliphatic heterocycles. The van der Waals surface area contributed by atoms with Gasteiger partial charge in [0.05, 0.1) is 43.9 Å². The van der Waals surface area contributed by atoms with E-state index >= 15 is 0 Å². The zero-order valence-electron chi connectivity index (χ0n) is 34.2. The van der Waals surface area contributed by atoms with E-state index in [1.807, 2.05) is 13.8 Å². The van der Waals surface area contributed by atoms with Gasteiger partial charge in [-0.05, 0) is 105 Å². The summed E-state index contributed by atoms with van der Waals surface area (Å²) in [5.74, 6) is -1.17. The predicted octanol–water partition coefficient (Wildman–Crippen LogP) is 1.65. The minimum Gasteiger partial charge on any atom is -0.481 e. The fourth-order valence-electron chi connectivity index (χ4n) is 13.6. The number of ether oxygens (including phenoxy) is 5. The summed E-state index contributed by atoms with van der Waals surface area (Å²) in [6.07, 6.45) is -5.58. The van der Waals surface area contributed by atoms with Crippen molar-refractivity contribution in [3.63, 3.8) is 0 Å². The van der Waals surface area contributed by atoms with E-state index in [9.17, 15) is 50.4 Å². The first-order valence-electron chi connectivity index (χ1n) is 20.9. The van der Waals surface area contributed by atoms with Crippen molar-refractivity contribution in [2.24, 2.45) is 50.2 Å². The molecule has 0 aromatic carbocycles. The maximum Gasteiger partial charge on any atom is 0.311 e. The highest BCUT2D eigenvalue weighted by molar-refractivity contribution is 5.80. The quantitative estimate of drug-likeness (QED) is 0.0988. The third kappa shape index (κ3) is 6.30. The lowest BCUT2D eigenvalue weighted by atomic mass is 9.33. The summed E-state index contributed by atoms with van der Waals surface area (Å²) >= 11 is 0. The summed E-state index contributed by atoms with van der Waals surface area (Å²) < 4.78 is 29.3. The average molecular weight is 811 g/mol. The molecule has 19 atom stereocenters. The smallest absolute Gasteiger partial charge is 0.311 e. The normalized spacial score (nSPS) is 53.6. The summed E-state index contributed by atoms with van der Waals surface area (Å²) in [5.41, 5.74) is -2.07. The Labute approximate surface area is 334 Å². The van der Waals surface area contributed by atoms with Gasteiger partial charge in [-0.25, -0.2) is 0 Å². The Balaban J connectivity index is 1.16. The molecular weight excluding hydrogens is 744 g/mol. The standard InChI is InChI=1S/C42H66O15/c1-37(36(52)53-6)13-15-42(35(50)51)16-14-40(4)21(22(42)17-37)7-8-26-38(2)11-10-27(39(3,20-44)25(38)9-12-41(26,40)5)56-34-32(28(46)23(45)19-54-34)57-33-31(49)30(48)29(47)24(18-43)55-33/h7,22-34,43-49H,8-20H2,1-6H3,(H,50,51)/t22-,23+,24+,25-,26+,27-,28-,29+,30-,31+,32+,33-,34-,37-,38-,39-,40+,41+,42-/m0/s1. The molecule has 0 spiro atoms. The summed E-state index contributed by atoms with van der Waals surface area (Å²) in [6, 6.07) is 0. The molecule has 8 N–H and O–H groups in total. The molecule has 7 aliphatic rings. The lowest BCUT2D eigenvalue weighted by molar-refractivity contribution is -0.368. The van der Waals surface area contributed by atoms with E-state index in [1.54, 1.807) is 0 Å². The first-order valence-corrected chi connectivity index (χ1v) is 20.9. The van der Waals surface area contributed by atoms with E-state index in [0.717, 1.165) is 32.1 Å². The van der Waals surface area contributed by atoms with Crippen LogP contribution in [0.2, 0.25) is 0 Å². The number of carboxylic acid groups (broad SMARTS) is 1. The highest BCUT2D eigenvalue weighted by Gasteiger charge is 2.70. The number of methoxy groups -OCH3 is 1. The Bertz CT molecular complexity index is 1570. The van der Waals surface area contributed by atoms with Crippen LogP contribution in [0.5, 0.6) is 0 Å². The number of aliphatic hydroxyl groups is 7. The Morgan fingerprint density at radius 3 is 2.18 bits per heavy atom. The van der Waals surface area contributed by atoms with Crippen molar-refractivity contribution in [2.45, 2.75) is 160 Å². The maximum atomic E-state index is 13.2. The highest BCUT2D eigenvalue weighted by atomic mass is 16.8. The molecule has 2 saturated heterocycles. The average Bonchev–Trinajstić information content (AvgIpc) is 3.18. The number of esters is 1. The summed E-state index contributed by atoms with van der Waals surface area (Å²) in [4.78, 5) is 26.3. The fourth-order valence-corrected chi connectivity index (χ4v) is 13.6. The molecule has 5 aliphatic carbocycles. The van der Waals surface area contributed by atoms with Gasteiger partial charge < -0.3 is 64.5 Å². The number of allylic oxidation sites excluding steroid dienone is 2. The summed E-state index contributed by atoms with van der Waals surface area (Å²) in [6.45, 7) is 9.80. The Kier molecular flexibility index (Phi) is 11.4. The van der Waals surface area contributed by atoms with Crippen LogP contribution in [0.4, 0.5) is 0 Å². The predicted molar refractivity (Wildman–Crippen MR) is 200 cm³/mol. The lowest BCUT2D eigenvalue weighted by Crippen LogP contribution is -2.67. The number of carboxylic acids is 1. The molecule has 0 radical (unpaired) electrons. The monoisotopic (exact) mass is 810 g/mol. The van der Waals surface area contributed by atoms with Crippen LogP contribution < -0.4 is 0 Å². The number of carbonyl (C=O) groups is 2. The fraction of sp³-hybridized carbons (Fsp3) is 0.905. The number of fused-ring (bicyclic) bond motifs is 7. The first-order chi connectivity index (χ1) is 26.7. The molecule has 0 aromatic rings. The minimum absolute atomic E-state index is 0.00621. The second-order valence-corrected chi connectivity index (χ2v) is 19.9. The molecule has 6 fully saturated rings. The van der Waals surface area contributed by atoms with Crippen molar-refractivity contribution in [3.05, 3.63) is 11.6 Å². The number of rotatable bonds is 8. The second kappa shape index (κ2) is 15.0. The number of hydrogen-bond acceptors (Lipinski definition) is 14. The van der Waals surface area contributed by atoms with Crippen molar-refractivity contribution in [3.8, 4) is 0 Å². The van der Waals surface area contributed by atoms with Crippen molar-refractivity contribution in [1.29, 1.82) is 0 Å². The zero-order chi connectivity index (χ0) is 41.7. The molecule has 324 valence electrons. The van der Waals surface area contributed by atoms with Crippen LogP contribution in [0.1, 0.15) is 98.8 Å². The largest absolute Gasteiger partial charge is 0.481 e. The van der Waals surface area contributed by atoms with E-state index in [0.29, 0.717) is 32.1 Å². The highest BCUT2D eigenvalue weighted by Crippen LogP contribution is 2.76. The van der Waals surface area contributed by atoms with Crippen LogP contribution in [-0.2, 0) is 33.3 Å². The van der Waals surface area contributed by atoms with Crippen molar-refractivity contribution < 1.29 is 74.1 Å². The molecule has 7 rings (SSSR count). The van der Waals surface area contributed by atoms with Gasteiger partial charge in [0, 0.05) is 5.41 Å². The molecule has 15 nitrogen and oxygen atoms in total. The van der Waals surface area contributed by atoms with Gasteiger partial charge in [0.2, 0.25) is 0 Å². The number of hydrogen-bond donors (Lipinski definition) is 8. The number of aliphatic hydroxyl groups excluding tert-OH is 7. The lowest BCUT2D eigenvalue weighted by Gasteiger charge is -2.71. The topological polar surface area (TPSA) is 242 Å².